The molecule has 16 heavy (non-hydrogen) atoms. The van der Waals surface area contributed by atoms with E-state index in [2.05, 4.69) is 4.74 Å². The molecule has 0 unspecified atom stereocenters. The van der Waals surface area contributed by atoms with Gasteiger partial charge in [-0.05, 0) is 20.8 Å². The molecule has 0 radical (unpaired) electrons. The summed E-state index contributed by atoms with van der Waals surface area (Å²) in [5, 5.41) is 0. The van der Waals surface area contributed by atoms with E-state index in [-0.39, 0.29) is 0 Å². The number of hydrogen-bond acceptors (Lipinski definition) is 2. The molecule has 9 heteroatoms. The maximum absolute atomic E-state index is 12.6. The van der Waals surface area contributed by atoms with Crippen molar-refractivity contribution in [2.45, 2.75) is 45.0 Å². The van der Waals surface area contributed by atoms with Gasteiger partial charge in [0.15, 0.2) is 0 Å². The predicted molar refractivity (Wildman–Crippen MR) is 37.9 cm³/mol. The summed E-state index contributed by atoms with van der Waals surface area (Å²) in [5.74, 6) is 0. The number of halogens is 7. The van der Waals surface area contributed by atoms with Crippen LogP contribution in [-0.4, -0.2) is 24.2 Å². The van der Waals surface area contributed by atoms with Gasteiger partial charge < -0.3 is 4.74 Å². The van der Waals surface area contributed by atoms with Crippen molar-refractivity contribution in [2.75, 3.05) is 0 Å². The fraction of sp³-hybridized carbons (Fsp3) is 1.00. The van der Waals surface area contributed by atoms with Gasteiger partial charge in [0, 0.05) is 0 Å². The molecule has 0 aliphatic heterocycles. The summed E-state index contributed by atoms with van der Waals surface area (Å²) in [4.78, 5) is 0. The highest BCUT2D eigenvalue weighted by Gasteiger charge is 2.65. The third-order valence-electron chi connectivity index (χ3n) is 1.02. The minimum absolute atomic E-state index is 0.977. The Morgan fingerprint density at radius 1 is 0.625 bits per heavy atom. The lowest BCUT2D eigenvalue weighted by Gasteiger charge is -2.31. The van der Waals surface area contributed by atoms with E-state index in [9.17, 15) is 30.7 Å². The van der Waals surface area contributed by atoms with Gasteiger partial charge in [0.1, 0.15) is 0 Å². The first-order valence-corrected chi connectivity index (χ1v) is 3.89. The highest BCUT2D eigenvalue weighted by molar-refractivity contribution is 4.72. The number of rotatable bonds is 3. The highest BCUT2D eigenvalue weighted by Crippen LogP contribution is 2.42. The summed E-state index contributed by atoms with van der Waals surface area (Å²) >= 11 is 0. The van der Waals surface area contributed by atoms with E-state index in [4.69, 9.17) is 0 Å². The Bertz CT molecular complexity index is 214. The zero-order valence-corrected chi connectivity index (χ0v) is 8.46. The zero-order valence-electron chi connectivity index (χ0n) is 8.46. The van der Waals surface area contributed by atoms with Crippen LogP contribution in [0.15, 0.2) is 0 Å². The van der Waals surface area contributed by atoms with Gasteiger partial charge in [-0.15, -0.1) is 13.2 Å². The third kappa shape index (κ3) is 4.97. The molecule has 0 rings (SSSR count). The van der Waals surface area contributed by atoms with Crippen molar-refractivity contribution in [1.82, 2.24) is 0 Å². The molecular weight excluding hydrogens is 249 g/mol. The van der Waals surface area contributed by atoms with E-state index in [1.165, 1.54) is 0 Å². The Balaban J connectivity index is 4.85. The molecule has 0 aliphatic rings. The van der Waals surface area contributed by atoms with Gasteiger partial charge in [-0.1, -0.05) is 0 Å². The Kier molecular flexibility index (Phi) is 3.88. The molecule has 0 bridgehead atoms. The molecule has 0 aromatic carbocycles. The third-order valence-corrected chi connectivity index (χ3v) is 1.02. The van der Waals surface area contributed by atoms with E-state index in [0.717, 1.165) is 20.8 Å². The monoisotopic (exact) mass is 258 g/mol. The van der Waals surface area contributed by atoms with E-state index < -0.39 is 24.2 Å². The normalized spacial score (nSPS) is 15.4. The van der Waals surface area contributed by atoms with Crippen LogP contribution < -0.4 is 0 Å². The van der Waals surface area contributed by atoms with Crippen molar-refractivity contribution >= 4 is 0 Å². The van der Waals surface area contributed by atoms with E-state index in [1.807, 2.05) is 4.74 Å². The molecule has 0 heterocycles. The lowest BCUT2D eigenvalue weighted by atomic mass is 10.2. The van der Waals surface area contributed by atoms with Gasteiger partial charge in [0.05, 0.1) is 5.60 Å². The van der Waals surface area contributed by atoms with Crippen LogP contribution in [0.25, 0.3) is 0 Å². The van der Waals surface area contributed by atoms with E-state index in [0.29, 0.717) is 0 Å². The summed E-state index contributed by atoms with van der Waals surface area (Å²) in [6, 6.07) is 0. The van der Waals surface area contributed by atoms with Gasteiger partial charge in [0.25, 0.3) is 0 Å². The molecule has 0 atom stereocenters. The largest absolute Gasteiger partial charge is 0.527 e. The standard InChI is InChI=1S/C7H9F7O2/c1-4(2,3)15-5(8,9)6(10,11)16-7(12,13)14/h1-3H3. The van der Waals surface area contributed by atoms with Gasteiger partial charge >= 0.3 is 18.6 Å². The molecule has 0 saturated heterocycles. The summed E-state index contributed by atoms with van der Waals surface area (Å²) in [6.45, 7) is 2.93. The molecule has 0 N–H and O–H groups in total. The quantitative estimate of drug-likeness (QED) is 0.721. The maximum atomic E-state index is 12.6. The minimum atomic E-state index is -5.89. The summed E-state index contributed by atoms with van der Waals surface area (Å²) < 4.78 is 89.9. The molecule has 0 aliphatic carbocycles. The molecule has 0 saturated carbocycles. The second kappa shape index (κ2) is 4.02. The van der Waals surface area contributed by atoms with Gasteiger partial charge in [0.2, 0.25) is 0 Å². The Labute approximate surface area is 86.3 Å². The first-order valence-electron chi connectivity index (χ1n) is 3.89. The summed E-state index contributed by atoms with van der Waals surface area (Å²) in [6.07, 6.45) is -17.1. The van der Waals surface area contributed by atoms with Crippen molar-refractivity contribution in [3.63, 3.8) is 0 Å². The first kappa shape index (κ1) is 15.4. The van der Waals surface area contributed by atoms with Crippen LogP contribution in [0.5, 0.6) is 0 Å². The van der Waals surface area contributed by atoms with E-state index >= 15 is 0 Å². The van der Waals surface area contributed by atoms with Crippen molar-refractivity contribution in [1.29, 1.82) is 0 Å². The summed E-state index contributed by atoms with van der Waals surface area (Å²) in [5.41, 5.74) is -1.76. The fourth-order valence-corrected chi connectivity index (χ4v) is 0.649. The van der Waals surface area contributed by atoms with Crippen molar-refractivity contribution in [3.05, 3.63) is 0 Å². The van der Waals surface area contributed by atoms with Crippen LogP contribution >= 0.6 is 0 Å². The summed E-state index contributed by atoms with van der Waals surface area (Å²) in [7, 11) is 0. The Morgan fingerprint density at radius 3 is 1.19 bits per heavy atom. The lowest BCUT2D eigenvalue weighted by molar-refractivity contribution is -0.512. The van der Waals surface area contributed by atoms with Gasteiger partial charge in [-0.25, -0.2) is 4.74 Å². The minimum Gasteiger partial charge on any atom is -0.308 e. The predicted octanol–water partition coefficient (Wildman–Crippen LogP) is 3.52. The smallest absolute Gasteiger partial charge is 0.308 e. The van der Waals surface area contributed by atoms with Crippen LogP contribution in [-0.2, 0) is 9.47 Å². The molecule has 2 nitrogen and oxygen atoms in total. The van der Waals surface area contributed by atoms with Crippen molar-refractivity contribution < 1.29 is 40.2 Å². The van der Waals surface area contributed by atoms with Crippen LogP contribution in [0, 0.1) is 0 Å². The van der Waals surface area contributed by atoms with Crippen LogP contribution in [0.2, 0.25) is 0 Å². The fourth-order valence-electron chi connectivity index (χ4n) is 0.649. The topological polar surface area (TPSA) is 18.5 Å². The molecular formula is C7H9F7O2. The van der Waals surface area contributed by atoms with Crippen molar-refractivity contribution in [2.24, 2.45) is 0 Å². The highest BCUT2D eigenvalue weighted by atomic mass is 19.4. The second-order valence-electron chi connectivity index (χ2n) is 3.80. The number of hydrogen-bond donors (Lipinski definition) is 0. The Morgan fingerprint density at radius 2 is 0.938 bits per heavy atom. The molecule has 0 amide bonds. The Hall–Kier alpha value is -0.570. The number of ether oxygens (including phenoxy) is 2. The van der Waals surface area contributed by atoms with E-state index in [1.54, 1.807) is 0 Å². The van der Waals surface area contributed by atoms with Crippen LogP contribution in [0.1, 0.15) is 20.8 Å². The molecule has 0 aromatic heterocycles. The molecule has 0 aromatic rings. The molecule has 0 spiro atoms. The van der Waals surface area contributed by atoms with Gasteiger partial charge in [-0.3, -0.25) is 0 Å². The van der Waals surface area contributed by atoms with Crippen molar-refractivity contribution in [3.8, 4) is 0 Å². The van der Waals surface area contributed by atoms with Crippen LogP contribution in [0.3, 0.4) is 0 Å². The lowest BCUT2D eigenvalue weighted by Crippen LogP contribution is -2.51. The average Bonchev–Trinajstić information content (AvgIpc) is 1.72. The SMILES string of the molecule is CC(C)(C)OC(F)(F)C(F)(F)OC(F)(F)F. The average molecular weight is 258 g/mol. The molecule has 98 valence electrons. The first-order chi connectivity index (χ1) is 6.66. The zero-order chi connectivity index (χ0) is 13.4. The second-order valence-corrected chi connectivity index (χ2v) is 3.80. The maximum Gasteiger partial charge on any atom is 0.527 e. The van der Waals surface area contributed by atoms with Gasteiger partial charge in [-0.2, -0.15) is 17.6 Å². The number of alkyl halides is 7. The molecule has 0 fully saturated rings. The van der Waals surface area contributed by atoms with Crippen LogP contribution in [0.4, 0.5) is 30.7 Å².